The molecule has 1 fully saturated rings. The van der Waals surface area contributed by atoms with Gasteiger partial charge in [0.05, 0.1) is 55.1 Å². The molecular weight excluding hydrogens is 567 g/mol. The summed E-state index contributed by atoms with van der Waals surface area (Å²) in [5.74, 6) is 0.186. The van der Waals surface area contributed by atoms with Crippen molar-refractivity contribution >= 4 is 29.0 Å². The van der Waals surface area contributed by atoms with Gasteiger partial charge >= 0.3 is 5.97 Å². The molecule has 7 rings (SSSR count). The van der Waals surface area contributed by atoms with Gasteiger partial charge in [0, 0.05) is 42.5 Å². The van der Waals surface area contributed by atoms with Crippen LogP contribution in [-0.4, -0.2) is 64.4 Å². The van der Waals surface area contributed by atoms with Crippen molar-refractivity contribution in [3.8, 4) is 17.6 Å². The number of hydrogen-bond acceptors (Lipinski definition) is 9. The van der Waals surface area contributed by atoms with Crippen LogP contribution in [-0.2, 0) is 30.9 Å². The van der Waals surface area contributed by atoms with Crippen LogP contribution in [0.5, 0.6) is 11.5 Å². The third kappa shape index (κ3) is 5.26. The number of rotatable bonds is 9. The fraction of sp³-hybridized carbons (Fsp3) is 0.312. The van der Waals surface area contributed by atoms with Crippen molar-refractivity contribution in [2.24, 2.45) is 5.10 Å². The minimum Gasteiger partial charge on any atom is -0.492 e. The number of nitriles is 1. The molecule has 1 atom stereocenters. The van der Waals surface area contributed by atoms with Crippen molar-refractivity contribution < 1.29 is 28.5 Å². The molecule has 3 aliphatic heterocycles. The van der Waals surface area contributed by atoms with Gasteiger partial charge in [-0.25, -0.2) is 14.2 Å². The van der Waals surface area contributed by atoms with Gasteiger partial charge in [-0.05, 0) is 36.8 Å². The lowest BCUT2D eigenvalue weighted by Gasteiger charge is -2.31. The first kappa shape index (κ1) is 27.7. The molecule has 224 valence electrons. The Kier molecular flexibility index (Phi) is 7.23. The fourth-order valence-corrected chi connectivity index (χ4v) is 5.75. The average molecular weight is 597 g/mol. The molecule has 0 amide bonds. The number of imidazole rings is 1. The van der Waals surface area contributed by atoms with Gasteiger partial charge in [0.1, 0.15) is 35.8 Å². The van der Waals surface area contributed by atoms with Gasteiger partial charge in [-0.2, -0.15) is 10.4 Å². The van der Waals surface area contributed by atoms with E-state index in [0.29, 0.717) is 68.7 Å². The molecule has 3 aromatic carbocycles. The lowest BCUT2D eigenvalue weighted by Crippen LogP contribution is -2.38. The zero-order valence-corrected chi connectivity index (χ0v) is 23.8. The maximum Gasteiger partial charge on any atom is 0.335 e. The number of hydrazone groups is 1. The Labute approximate surface area is 252 Å². The second-order valence-electron chi connectivity index (χ2n) is 10.9. The molecule has 0 radical (unpaired) electrons. The number of benzene rings is 3. The maximum atomic E-state index is 14.9. The van der Waals surface area contributed by atoms with Crippen LogP contribution in [0, 0.1) is 17.1 Å². The first-order valence-electron chi connectivity index (χ1n) is 14.5. The van der Waals surface area contributed by atoms with Crippen molar-refractivity contribution in [3.05, 3.63) is 82.4 Å². The van der Waals surface area contributed by atoms with Gasteiger partial charge in [0.25, 0.3) is 0 Å². The van der Waals surface area contributed by atoms with Crippen LogP contribution in [0.25, 0.3) is 11.0 Å². The van der Waals surface area contributed by atoms with Crippen LogP contribution < -0.4 is 14.4 Å². The Morgan fingerprint density at radius 3 is 2.82 bits per heavy atom. The molecule has 0 aliphatic carbocycles. The summed E-state index contributed by atoms with van der Waals surface area (Å²) in [5, 5.41) is 25.3. The largest absolute Gasteiger partial charge is 0.492 e. The number of aromatic carboxylic acids is 1. The zero-order valence-electron chi connectivity index (χ0n) is 23.8. The Hall–Kier alpha value is -5.15. The first-order valence-corrected chi connectivity index (χ1v) is 14.5. The monoisotopic (exact) mass is 596 g/mol. The van der Waals surface area contributed by atoms with Crippen LogP contribution in [0.3, 0.4) is 0 Å². The number of nitrogens with zero attached hydrogens (tertiary/aromatic N) is 6. The number of halogens is 1. The predicted octanol–water partition coefficient (Wildman–Crippen LogP) is 4.31. The Balaban J connectivity index is 1.05. The van der Waals surface area contributed by atoms with Gasteiger partial charge in [-0.15, -0.1) is 0 Å². The van der Waals surface area contributed by atoms with Gasteiger partial charge in [-0.3, -0.25) is 5.01 Å². The number of hydrogen-bond donors (Lipinski definition) is 1. The number of fused-ring (bicyclic) bond motifs is 2. The average Bonchev–Trinajstić information content (AvgIpc) is 3.64. The summed E-state index contributed by atoms with van der Waals surface area (Å²) >= 11 is 0. The number of carboxylic acids is 1. The van der Waals surface area contributed by atoms with E-state index in [-0.39, 0.29) is 17.2 Å². The minimum absolute atomic E-state index is 0.0251. The molecule has 0 bridgehead atoms. The highest BCUT2D eigenvalue weighted by Crippen LogP contribution is 2.33. The van der Waals surface area contributed by atoms with E-state index in [0.717, 1.165) is 41.5 Å². The van der Waals surface area contributed by atoms with E-state index in [1.165, 1.54) is 6.07 Å². The van der Waals surface area contributed by atoms with E-state index in [1.54, 1.807) is 6.34 Å². The maximum absolute atomic E-state index is 14.9. The Bertz CT molecular complexity index is 1830. The molecular formula is C32H29FN6O5. The smallest absolute Gasteiger partial charge is 0.335 e. The normalized spacial score (nSPS) is 17.2. The summed E-state index contributed by atoms with van der Waals surface area (Å²) in [6.07, 6.45) is 3.32. The highest BCUT2D eigenvalue weighted by atomic mass is 19.1. The van der Waals surface area contributed by atoms with Crippen LogP contribution in [0.2, 0.25) is 0 Å². The lowest BCUT2D eigenvalue weighted by molar-refractivity contribution is -0.0592. The Morgan fingerprint density at radius 2 is 2.07 bits per heavy atom. The summed E-state index contributed by atoms with van der Waals surface area (Å²) in [4.78, 5) is 18.2. The summed E-state index contributed by atoms with van der Waals surface area (Å²) < 4.78 is 34.2. The topological polar surface area (TPSA) is 125 Å². The third-order valence-corrected chi connectivity index (χ3v) is 8.19. The molecule has 4 heterocycles. The molecule has 1 N–H and O–H groups in total. The predicted molar refractivity (Wildman–Crippen MR) is 158 cm³/mol. The SMILES string of the molecule is N#Cc1ccc(COc2cccc(N3C=NN(Cc4nc5c(F)cc(C(=O)O)cc5n4C[C@@H]4CCO4)CC3)c2)c2c1CCO2. The molecule has 44 heavy (non-hydrogen) atoms. The van der Waals surface area contributed by atoms with Crippen LogP contribution in [0.4, 0.5) is 10.1 Å². The van der Waals surface area contributed by atoms with Crippen molar-refractivity contribution in [1.29, 1.82) is 5.26 Å². The van der Waals surface area contributed by atoms with Crippen LogP contribution in [0.1, 0.15) is 39.3 Å². The van der Waals surface area contributed by atoms with Crippen LogP contribution >= 0.6 is 0 Å². The number of anilines is 1. The summed E-state index contributed by atoms with van der Waals surface area (Å²) in [6.45, 7) is 3.58. The molecule has 1 saturated heterocycles. The number of aromatic nitrogens is 2. The number of carbonyl (C=O) groups is 1. The van der Waals surface area contributed by atoms with E-state index in [4.69, 9.17) is 14.2 Å². The van der Waals surface area contributed by atoms with E-state index in [2.05, 4.69) is 16.2 Å². The molecule has 4 aromatic rings. The quantitative estimate of drug-likeness (QED) is 0.301. The highest BCUT2D eigenvalue weighted by Gasteiger charge is 2.26. The highest BCUT2D eigenvalue weighted by molar-refractivity contribution is 5.92. The fourth-order valence-electron chi connectivity index (χ4n) is 5.75. The van der Waals surface area contributed by atoms with Crippen molar-refractivity contribution in [1.82, 2.24) is 14.6 Å². The number of carboxylic acid groups (broad SMARTS) is 1. The molecule has 1 aromatic heterocycles. The van der Waals surface area contributed by atoms with Crippen molar-refractivity contribution in [2.75, 3.05) is 31.2 Å². The van der Waals surface area contributed by atoms with E-state index >= 15 is 0 Å². The molecule has 11 nitrogen and oxygen atoms in total. The summed E-state index contributed by atoms with van der Waals surface area (Å²) in [5.41, 5.74) is 3.87. The minimum atomic E-state index is -1.19. The lowest BCUT2D eigenvalue weighted by atomic mass is 10.0. The molecule has 0 spiro atoms. The third-order valence-electron chi connectivity index (χ3n) is 8.19. The van der Waals surface area contributed by atoms with Crippen LogP contribution in [0.15, 0.2) is 53.6 Å². The van der Waals surface area contributed by atoms with E-state index in [1.807, 2.05) is 50.9 Å². The zero-order chi connectivity index (χ0) is 30.2. The standard InChI is InChI=1S/C32H29FN6O5/c33-27-12-22(32(40)41)13-28-30(27)36-29(39(28)16-25-6-10-42-25)17-38-9-8-37(19-35-38)23-2-1-3-24(14-23)44-18-21-5-4-20(15-34)26-7-11-43-31(21)26/h1-5,12-14,19,25H,6-11,16-18H2,(H,40,41)/t25-/m0/s1. The molecule has 0 unspecified atom stereocenters. The van der Waals surface area contributed by atoms with Gasteiger partial charge < -0.3 is 28.8 Å². The van der Waals surface area contributed by atoms with Crippen molar-refractivity contribution in [2.45, 2.75) is 38.6 Å². The first-order chi connectivity index (χ1) is 21.5. The second-order valence-corrected chi connectivity index (χ2v) is 10.9. The summed E-state index contributed by atoms with van der Waals surface area (Å²) in [7, 11) is 0. The Morgan fingerprint density at radius 1 is 1.18 bits per heavy atom. The molecule has 12 heteroatoms. The number of ether oxygens (including phenoxy) is 3. The van der Waals surface area contributed by atoms with Gasteiger partial charge in [0.15, 0.2) is 5.82 Å². The van der Waals surface area contributed by atoms with Gasteiger partial charge in [-0.1, -0.05) is 12.1 Å². The molecule has 3 aliphatic rings. The second kappa shape index (κ2) is 11.5. The van der Waals surface area contributed by atoms with Gasteiger partial charge in [0.2, 0.25) is 0 Å². The van der Waals surface area contributed by atoms with E-state index < -0.39 is 11.8 Å². The molecule has 0 saturated carbocycles. The van der Waals surface area contributed by atoms with E-state index in [9.17, 15) is 19.6 Å². The summed E-state index contributed by atoms with van der Waals surface area (Å²) in [6, 6.07) is 16.2. The van der Waals surface area contributed by atoms with Crippen molar-refractivity contribution in [3.63, 3.8) is 0 Å².